The lowest BCUT2D eigenvalue weighted by Crippen LogP contribution is -2.38. The second kappa shape index (κ2) is 5.60. The van der Waals surface area contributed by atoms with Gasteiger partial charge in [-0.15, -0.1) is 0 Å². The van der Waals surface area contributed by atoms with Gasteiger partial charge in [0.15, 0.2) is 6.61 Å². The number of aryl methyl sites for hydroxylation is 1. The van der Waals surface area contributed by atoms with Crippen LogP contribution in [-0.2, 0) is 11.2 Å². The number of nitrogens with two attached hydrogens (primary N) is 1. The minimum Gasteiger partial charge on any atom is -0.482 e. The maximum Gasteiger partial charge on any atom is 0.318 e. The van der Waals surface area contributed by atoms with Gasteiger partial charge < -0.3 is 15.8 Å². The van der Waals surface area contributed by atoms with Gasteiger partial charge in [-0.25, -0.2) is 4.79 Å². The molecule has 0 bridgehead atoms. The molecule has 19 heavy (non-hydrogen) atoms. The molecular weight excluding hydrogens is 246 g/mol. The Hall–Kier alpha value is -2.24. The van der Waals surface area contributed by atoms with Crippen molar-refractivity contribution in [3.05, 3.63) is 23.8 Å². The molecule has 2 rings (SSSR count). The van der Waals surface area contributed by atoms with Crippen molar-refractivity contribution in [2.75, 3.05) is 11.9 Å². The van der Waals surface area contributed by atoms with Gasteiger partial charge in [0.1, 0.15) is 5.75 Å². The van der Waals surface area contributed by atoms with Crippen molar-refractivity contribution in [1.29, 1.82) is 0 Å². The molecule has 1 heterocycles. The average molecular weight is 263 g/mol. The van der Waals surface area contributed by atoms with E-state index in [9.17, 15) is 9.59 Å². The summed E-state index contributed by atoms with van der Waals surface area (Å²) in [5.41, 5.74) is 6.95. The summed E-state index contributed by atoms with van der Waals surface area (Å²) in [6.45, 7) is 1.86. The molecule has 1 atom stereocenters. The van der Waals surface area contributed by atoms with Gasteiger partial charge in [-0.3, -0.25) is 10.1 Å². The van der Waals surface area contributed by atoms with E-state index in [0.29, 0.717) is 11.8 Å². The molecule has 6 nitrogen and oxygen atoms in total. The van der Waals surface area contributed by atoms with Crippen LogP contribution in [0.3, 0.4) is 0 Å². The standard InChI is InChI=1S/C13H17N3O3/c1-8-5-6-9-3-2-4-10(12(9)15-8)19-7-11(17)16-13(14)18/h2-4,8,15H,5-7H2,1H3,(H3,14,16,17,18). The van der Waals surface area contributed by atoms with Crippen molar-refractivity contribution in [2.24, 2.45) is 5.73 Å². The maximum atomic E-state index is 11.3. The number of fused-ring (bicyclic) bond motifs is 1. The number of carbonyl (C=O) groups is 2. The van der Waals surface area contributed by atoms with E-state index in [1.165, 1.54) is 5.56 Å². The molecule has 0 saturated heterocycles. The van der Waals surface area contributed by atoms with Crippen LogP contribution in [0.15, 0.2) is 18.2 Å². The van der Waals surface area contributed by atoms with Crippen molar-refractivity contribution in [2.45, 2.75) is 25.8 Å². The monoisotopic (exact) mass is 263 g/mol. The van der Waals surface area contributed by atoms with E-state index >= 15 is 0 Å². The number of carbonyl (C=O) groups excluding carboxylic acids is 2. The Morgan fingerprint density at radius 2 is 2.32 bits per heavy atom. The largest absolute Gasteiger partial charge is 0.482 e. The Morgan fingerprint density at radius 3 is 3.05 bits per heavy atom. The molecule has 6 heteroatoms. The number of hydrogen-bond acceptors (Lipinski definition) is 4. The second-order valence-corrected chi connectivity index (χ2v) is 4.58. The number of hydrogen-bond donors (Lipinski definition) is 3. The molecule has 1 aromatic rings. The highest BCUT2D eigenvalue weighted by atomic mass is 16.5. The number of urea groups is 1. The zero-order valence-corrected chi connectivity index (χ0v) is 10.7. The molecule has 0 saturated carbocycles. The van der Waals surface area contributed by atoms with Crippen LogP contribution in [0.4, 0.5) is 10.5 Å². The van der Waals surface area contributed by atoms with Gasteiger partial charge in [0.25, 0.3) is 5.91 Å². The van der Waals surface area contributed by atoms with Crippen LogP contribution in [0.5, 0.6) is 5.75 Å². The summed E-state index contributed by atoms with van der Waals surface area (Å²) in [5.74, 6) is 0.0534. The molecule has 1 aliphatic heterocycles. The predicted molar refractivity (Wildman–Crippen MR) is 71.1 cm³/mol. The van der Waals surface area contributed by atoms with Crippen LogP contribution in [-0.4, -0.2) is 24.6 Å². The van der Waals surface area contributed by atoms with Crippen LogP contribution in [0.25, 0.3) is 0 Å². The number of nitrogens with one attached hydrogen (secondary N) is 2. The first-order valence-electron chi connectivity index (χ1n) is 6.17. The summed E-state index contributed by atoms with van der Waals surface area (Å²) in [7, 11) is 0. The third kappa shape index (κ3) is 3.37. The number of anilines is 1. The van der Waals surface area contributed by atoms with Crippen LogP contribution in [0, 0.1) is 0 Å². The summed E-state index contributed by atoms with van der Waals surface area (Å²) >= 11 is 0. The van der Waals surface area contributed by atoms with Gasteiger partial charge in [-0.05, 0) is 31.4 Å². The Labute approximate surface area is 111 Å². The van der Waals surface area contributed by atoms with Gasteiger partial charge in [0.05, 0.1) is 5.69 Å². The lowest BCUT2D eigenvalue weighted by molar-refractivity contribution is -0.121. The zero-order valence-electron chi connectivity index (χ0n) is 10.7. The molecule has 0 aliphatic carbocycles. The van der Waals surface area contributed by atoms with Crippen LogP contribution < -0.4 is 21.1 Å². The normalized spacial score (nSPS) is 17.0. The van der Waals surface area contributed by atoms with E-state index in [0.717, 1.165) is 18.5 Å². The Balaban J connectivity index is 2.05. The molecular formula is C13H17N3O3. The van der Waals surface area contributed by atoms with Crippen LogP contribution >= 0.6 is 0 Å². The predicted octanol–water partition coefficient (Wildman–Crippen LogP) is 1.01. The topological polar surface area (TPSA) is 93.4 Å². The Kier molecular flexibility index (Phi) is 3.89. The van der Waals surface area contributed by atoms with Gasteiger partial charge >= 0.3 is 6.03 Å². The third-order valence-corrected chi connectivity index (χ3v) is 2.97. The molecule has 0 radical (unpaired) electrons. The average Bonchev–Trinajstić information content (AvgIpc) is 2.35. The SMILES string of the molecule is CC1CCc2cccc(OCC(=O)NC(N)=O)c2N1. The number of para-hydroxylation sites is 1. The fourth-order valence-corrected chi connectivity index (χ4v) is 2.08. The smallest absolute Gasteiger partial charge is 0.318 e. The number of primary amides is 1. The number of rotatable bonds is 3. The summed E-state index contributed by atoms with van der Waals surface area (Å²) in [5, 5.41) is 5.30. The summed E-state index contributed by atoms with van der Waals surface area (Å²) in [6.07, 6.45) is 2.05. The maximum absolute atomic E-state index is 11.3. The molecule has 1 unspecified atom stereocenters. The van der Waals surface area contributed by atoms with Crippen molar-refractivity contribution >= 4 is 17.6 Å². The Morgan fingerprint density at radius 1 is 1.53 bits per heavy atom. The number of ether oxygens (including phenoxy) is 1. The first-order valence-corrected chi connectivity index (χ1v) is 6.17. The molecule has 0 spiro atoms. The number of benzene rings is 1. The van der Waals surface area contributed by atoms with E-state index in [1.54, 1.807) is 6.07 Å². The lowest BCUT2D eigenvalue weighted by Gasteiger charge is -2.26. The molecule has 102 valence electrons. The number of amides is 3. The number of imide groups is 1. The van der Waals surface area contributed by atoms with Crippen molar-refractivity contribution < 1.29 is 14.3 Å². The van der Waals surface area contributed by atoms with E-state index in [4.69, 9.17) is 10.5 Å². The lowest BCUT2D eigenvalue weighted by atomic mass is 9.98. The van der Waals surface area contributed by atoms with Crippen LogP contribution in [0.2, 0.25) is 0 Å². The Bertz CT molecular complexity index is 502. The van der Waals surface area contributed by atoms with Crippen molar-refractivity contribution in [3.8, 4) is 5.75 Å². The molecule has 0 aromatic heterocycles. The fourth-order valence-electron chi connectivity index (χ4n) is 2.08. The van der Waals surface area contributed by atoms with E-state index in [2.05, 4.69) is 12.2 Å². The molecule has 1 aromatic carbocycles. The molecule has 0 fully saturated rings. The van der Waals surface area contributed by atoms with E-state index in [1.807, 2.05) is 17.4 Å². The highest BCUT2D eigenvalue weighted by Crippen LogP contribution is 2.33. The summed E-state index contributed by atoms with van der Waals surface area (Å²) in [6, 6.07) is 5.20. The molecule has 1 aliphatic rings. The minimum absolute atomic E-state index is 0.241. The van der Waals surface area contributed by atoms with E-state index < -0.39 is 11.9 Å². The van der Waals surface area contributed by atoms with Gasteiger partial charge in [0, 0.05) is 6.04 Å². The van der Waals surface area contributed by atoms with Gasteiger partial charge in [-0.2, -0.15) is 0 Å². The minimum atomic E-state index is -0.879. The highest BCUT2D eigenvalue weighted by molar-refractivity contribution is 5.94. The van der Waals surface area contributed by atoms with Gasteiger partial charge in [-0.1, -0.05) is 12.1 Å². The fraction of sp³-hybridized carbons (Fsp3) is 0.385. The van der Waals surface area contributed by atoms with Crippen molar-refractivity contribution in [1.82, 2.24) is 5.32 Å². The second-order valence-electron chi connectivity index (χ2n) is 4.58. The van der Waals surface area contributed by atoms with Crippen molar-refractivity contribution in [3.63, 3.8) is 0 Å². The summed E-state index contributed by atoms with van der Waals surface area (Å²) in [4.78, 5) is 21.8. The quantitative estimate of drug-likeness (QED) is 0.758. The van der Waals surface area contributed by atoms with Crippen LogP contribution in [0.1, 0.15) is 18.9 Å². The summed E-state index contributed by atoms with van der Waals surface area (Å²) < 4.78 is 5.43. The zero-order chi connectivity index (χ0) is 13.8. The first kappa shape index (κ1) is 13.2. The molecule has 4 N–H and O–H groups in total. The van der Waals surface area contributed by atoms with E-state index in [-0.39, 0.29) is 6.61 Å². The highest BCUT2D eigenvalue weighted by Gasteiger charge is 2.18. The third-order valence-electron chi connectivity index (χ3n) is 2.97. The molecule has 3 amide bonds. The van der Waals surface area contributed by atoms with Gasteiger partial charge in [0.2, 0.25) is 0 Å². The first-order chi connectivity index (χ1) is 9.06.